The van der Waals surface area contributed by atoms with Gasteiger partial charge in [0, 0.05) is 44.5 Å². The van der Waals surface area contributed by atoms with Crippen molar-refractivity contribution in [1.29, 1.82) is 0 Å². The minimum atomic E-state index is -3.18. The predicted molar refractivity (Wildman–Crippen MR) is 118 cm³/mol. The number of hydrogen-bond donors (Lipinski definition) is 2. The quantitative estimate of drug-likeness (QED) is 0.299. The van der Waals surface area contributed by atoms with E-state index in [1.807, 2.05) is 0 Å². The van der Waals surface area contributed by atoms with Crippen LogP contribution in [0.15, 0.2) is 47.1 Å². The number of anilines is 1. The van der Waals surface area contributed by atoms with Crippen molar-refractivity contribution in [3.63, 3.8) is 0 Å². The number of carboxylic acid groups (broad SMARTS) is 1. The van der Waals surface area contributed by atoms with E-state index in [4.69, 9.17) is 32.7 Å². The number of carbonyl (C=O) groups excluding carboxylic acids is 2. The number of benzene rings is 2. The number of amides is 2. The summed E-state index contributed by atoms with van der Waals surface area (Å²) in [5, 5.41) is 15.1. The molecule has 2 aromatic heterocycles. The number of rotatable bonds is 5. The Kier molecular flexibility index (Phi) is 8.18. The minimum absolute atomic E-state index is 0. The number of nitrogens with one attached hydrogen (secondary N) is 1. The Hall–Kier alpha value is -2.96. The van der Waals surface area contributed by atoms with E-state index in [0.717, 1.165) is 6.07 Å². The fourth-order valence-corrected chi connectivity index (χ4v) is 3.61. The summed E-state index contributed by atoms with van der Waals surface area (Å²) in [6.07, 6.45) is 2.47. The van der Waals surface area contributed by atoms with Crippen LogP contribution >= 0.6 is 23.2 Å². The number of alkyl halides is 2. The summed E-state index contributed by atoms with van der Waals surface area (Å²) in [5.74, 6) is -4.21. The summed E-state index contributed by atoms with van der Waals surface area (Å²) in [6, 6.07) is 6.33. The molecule has 4 rings (SSSR count). The van der Waals surface area contributed by atoms with E-state index in [2.05, 4.69) is 20.4 Å². The molecule has 2 N–H and O–H groups in total. The van der Waals surface area contributed by atoms with Gasteiger partial charge < -0.3 is 29.7 Å². The third kappa shape index (κ3) is 5.49. The van der Waals surface area contributed by atoms with Gasteiger partial charge in [0.25, 0.3) is 0 Å². The summed E-state index contributed by atoms with van der Waals surface area (Å²) in [4.78, 5) is 39.2. The molecule has 0 saturated heterocycles. The number of ether oxygens (including phenoxy) is 1. The molecule has 0 aliphatic carbocycles. The standard InChI is InChI=1S/C21H11Cl2F2N3O6.Na/c22-11-6-26-7-12(23)16(11)28-18(29)9-2-4-14(34-21(24)25)17-15(9)10-5-8(1-3-13(10)33-17)27-19(30)20(31)32;/h1-7,21H,(H3,26,27,28,29,30,31,32);/q;+1/p-1. The summed E-state index contributed by atoms with van der Waals surface area (Å²) < 4.78 is 36.0. The van der Waals surface area contributed by atoms with Gasteiger partial charge in [-0.2, -0.15) is 8.78 Å². The van der Waals surface area contributed by atoms with Crippen molar-refractivity contribution in [2.75, 3.05) is 5.32 Å². The largest absolute Gasteiger partial charge is 1.00 e. The number of aliphatic carboxylic acids is 1. The number of fused-ring (bicyclic) bond motifs is 3. The second kappa shape index (κ2) is 10.8. The van der Waals surface area contributed by atoms with Gasteiger partial charge in [-0.15, -0.1) is 0 Å². The maximum Gasteiger partial charge on any atom is 1.00 e. The first kappa shape index (κ1) is 26.6. The molecule has 9 nitrogen and oxygen atoms in total. The number of carboxylic acids is 1. The Morgan fingerprint density at radius 2 is 1.80 bits per heavy atom. The minimum Gasteiger partial charge on any atom is -0.620 e. The Morgan fingerprint density at radius 3 is 2.43 bits per heavy atom. The van der Waals surface area contributed by atoms with Gasteiger partial charge in [-0.3, -0.25) is 9.78 Å². The first-order chi connectivity index (χ1) is 16.2. The first-order valence-corrected chi connectivity index (χ1v) is 9.94. The van der Waals surface area contributed by atoms with E-state index in [0.29, 0.717) is 0 Å². The Balaban J connectivity index is 0.00000342. The molecule has 0 spiro atoms. The zero-order valence-electron chi connectivity index (χ0n) is 17.5. The summed E-state index contributed by atoms with van der Waals surface area (Å²) >= 11 is 12.1. The molecule has 35 heavy (non-hydrogen) atoms. The first-order valence-electron chi connectivity index (χ1n) is 9.19. The van der Waals surface area contributed by atoms with Gasteiger partial charge in [-0.25, -0.2) is 4.79 Å². The normalized spacial score (nSPS) is 10.8. The van der Waals surface area contributed by atoms with Crippen molar-refractivity contribution in [3.8, 4) is 5.75 Å². The molecule has 0 bridgehead atoms. The van der Waals surface area contributed by atoms with Crippen LogP contribution in [0.5, 0.6) is 5.75 Å². The topological polar surface area (TPSA) is 133 Å². The number of furan rings is 1. The van der Waals surface area contributed by atoms with E-state index < -0.39 is 24.4 Å². The summed E-state index contributed by atoms with van der Waals surface area (Å²) in [6.45, 7) is -3.18. The van der Waals surface area contributed by atoms with E-state index >= 15 is 0 Å². The van der Waals surface area contributed by atoms with Gasteiger partial charge >= 0.3 is 48.0 Å². The Labute approximate surface area is 226 Å². The van der Waals surface area contributed by atoms with Gasteiger partial charge in [0.1, 0.15) is 5.58 Å². The van der Waals surface area contributed by atoms with Crippen molar-refractivity contribution < 1.29 is 67.0 Å². The van der Waals surface area contributed by atoms with Crippen molar-refractivity contribution in [3.05, 3.63) is 63.7 Å². The van der Waals surface area contributed by atoms with Crippen LogP contribution in [0.25, 0.3) is 27.3 Å². The molecule has 2 aromatic carbocycles. The van der Waals surface area contributed by atoms with Crippen LogP contribution in [0.3, 0.4) is 0 Å². The molecule has 0 aliphatic heterocycles. The summed E-state index contributed by atoms with van der Waals surface area (Å²) in [7, 11) is 0. The van der Waals surface area contributed by atoms with Crippen LogP contribution in [-0.4, -0.2) is 34.5 Å². The second-order valence-electron chi connectivity index (χ2n) is 6.63. The van der Waals surface area contributed by atoms with Gasteiger partial charge in [0.2, 0.25) is 0 Å². The zero-order valence-corrected chi connectivity index (χ0v) is 21.0. The molecule has 14 heteroatoms. The molecule has 0 fully saturated rings. The third-order valence-corrected chi connectivity index (χ3v) is 5.08. The van der Waals surface area contributed by atoms with E-state index in [-0.39, 0.29) is 84.2 Å². The molecule has 4 aromatic rings. The number of halogens is 4. The maximum absolute atomic E-state index is 13.1. The van der Waals surface area contributed by atoms with Crippen LogP contribution in [0.2, 0.25) is 10.0 Å². The number of hydrogen-bond acceptors (Lipinski definition) is 6. The number of carbonyl (C=O) groups is 3. The van der Waals surface area contributed by atoms with Gasteiger partial charge in [-0.1, -0.05) is 28.9 Å². The van der Waals surface area contributed by atoms with Crippen molar-refractivity contribution in [2.45, 2.75) is 6.61 Å². The molecule has 0 radical (unpaired) electrons. The van der Waals surface area contributed by atoms with Crippen molar-refractivity contribution in [1.82, 2.24) is 4.98 Å². The van der Waals surface area contributed by atoms with Crippen LogP contribution in [0, 0.1) is 0 Å². The fourth-order valence-electron chi connectivity index (χ4n) is 3.16. The molecule has 2 amide bonds. The second-order valence-corrected chi connectivity index (χ2v) is 7.45. The van der Waals surface area contributed by atoms with E-state index in [9.17, 15) is 23.2 Å². The SMILES string of the molecule is O=C(O)C(=O)Nc1ccc2oc3c(OC(F)F)ccc(C(=O)[N-]c4c(Cl)cncc4Cl)c3c2c1.[Na+]. The van der Waals surface area contributed by atoms with Gasteiger partial charge in [-0.05, 0) is 30.3 Å². The van der Waals surface area contributed by atoms with Crippen molar-refractivity contribution >= 4 is 74.3 Å². The van der Waals surface area contributed by atoms with E-state index in [1.165, 1.54) is 36.7 Å². The van der Waals surface area contributed by atoms with Crippen LogP contribution in [-0.2, 0) is 9.59 Å². The Morgan fingerprint density at radius 1 is 1.11 bits per heavy atom. The predicted octanol–water partition coefficient (Wildman–Crippen LogP) is 2.76. The monoisotopic (exact) mass is 531 g/mol. The molecule has 0 atom stereocenters. The molecule has 0 aliphatic rings. The molecule has 174 valence electrons. The molecule has 2 heterocycles. The van der Waals surface area contributed by atoms with Crippen molar-refractivity contribution in [2.24, 2.45) is 0 Å². The number of aromatic nitrogens is 1. The average Bonchev–Trinajstić information content (AvgIpc) is 3.15. The third-order valence-electron chi connectivity index (χ3n) is 4.52. The Bertz CT molecular complexity index is 1460. The maximum atomic E-state index is 13.1. The fraction of sp³-hybridized carbons (Fsp3) is 0.0476. The average molecular weight is 532 g/mol. The summed E-state index contributed by atoms with van der Waals surface area (Å²) in [5.41, 5.74) is -0.126. The van der Waals surface area contributed by atoms with E-state index in [1.54, 1.807) is 0 Å². The van der Waals surface area contributed by atoms with Crippen LogP contribution in [0.1, 0.15) is 10.4 Å². The van der Waals surface area contributed by atoms with Crippen LogP contribution in [0.4, 0.5) is 20.2 Å². The van der Waals surface area contributed by atoms with Gasteiger partial charge in [0.15, 0.2) is 11.3 Å². The zero-order chi connectivity index (χ0) is 24.6. The number of nitrogens with zero attached hydrogens (tertiary/aromatic N) is 2. The molecule has 0 unspecified atom stereocenters. The van der Waals surface area contributed by atoms with Gasteiger partial charge in [0.05, 0.1) is 5.91 Å². The molecule has 0 saturated carbocycles. The molecular formula is C21H10Cl2F2N3NaO6. The molecular weight excluding hydrogens is 522 g/mol. The van der Waals surface area contributed by atoms with Crippen LogP contribution < -0.4 is 39.6 Å². The smallest absolute Gasteiger partial charge is 0.620 e. The number of pyridine rings is 1.